The molecule has 6 nitrogen and oxygen atoms in total. The number of nitrogens with zero attached hydrogens (tertiary/aromatic N) is 2. The normalized spacial score (nSPS) is 10.8. The van der Waals surface area contributed by atoms with E-state index in [2.05, 4.69) is 10.6 Å². The van der Waals surface area contributed by atoms with Crippen LogP contribution < -0.4 is 10.6 Å². The highest BCUT2D eigenvalue weighted by molar-refractivity contribution is 5.94. The van der Waals surface area contributed by atoms with Crippen molar-refractivity contribution in [2.24, 2.45) is 0 Å². The average molecular weight is 405 g/mol. The molecule has 156 valence electrons. The first-order chi connectivity index (χ1) is 14.5. The monoisotopic (exact) mass is 404 g/mol. The Bertz CT molecular complexity index is 962. The quantitative estimate of drug-likeness (QED) is 0.576. The molecule has 0 atom stereocenters. The van der Waals surface area contributed by atoms with Crippen molar-refractivity contribution in [3.05, 3.63) is 95.3 Å². The second-order valence-electron chi connectivity index (χ2n) is 7.45. The Morgan fingerprint density at radius 2 is 1.57 bits per heavy atom. The molecule has 0 saturated carbocycles. The van der Waals surface area contributed by atoms with Crippen LogP contribution in [0.4, 0.5) is 0 Å². The minimum absolute atomic E-state index is 0.0915. The molecule has 3 rings (SSSR count). The number of nitrogens with one attached hydrogen (secondary N) is 2. The second kappa shape index (κ2) is 10.4. The standard InChI is InChI=1S/C24H28N4O2/c1-27(2)16-14-25-23(29)21-12-10-19(11-13-21)17-26-24(30)22-9-6-15-28(22)18-20-7-4-3-5-8-20/h3-13,15H,14,16-18H2,1-2H3,(H,25,29)(H,26,30). The minimum atomic E-state index is -0.124. The van der Waals surface area contributed by atoms with Crippen molar-refractivity contribution in [3.63, 3.8) is 0 Å². The molecule has 1 aromatic heterocycles. The third-order valence-corrected chi connectivity index (χ3v) is 4.77. The molecule has 2 amide bonds. The first-order valence-corrected chi connectivity index (χ1v) is 10.0. The number of benzene rings is 2. The van der Waals surface area contributed by atoms with Gasteiger partial charge in [-0.25, -0.2) is 0 Å². The van der Waals surface area contributed by atoms with Crippen molar-refractivity contribution in [2.45, 2.75) is 13.1 Å². The number of amides is 2. The number of likely N-dealkylation sites (N-methyl/N-ethyl adjacent to an activating group) is 1. The number of aromatic nitrogens is 1. The molecule has 1 heterocycles. The maximum atomic E-state index is 12.6. The van der Waals surface area contributed by atoms with Crippen LogP contribution in [0.2, 0.25) is 0 Å². The molecule has 0 fully saturated rings. The van der Waals surface area contributed by atoms with E-state index in [1.165, 1.54) is 0 Å². The van der Waals surface area contributed by atoms with E-state index >= 15 is 0 Å². The topological polar surface area (TPSA) is 66.4 Å². The summed E-state index contributed by atoms with van der Waals surface area (Å²) in [6.07, 6.45) is 1.91. The van der Waals surface area contributed by atoms with Crippen molar-refractivity contribution < 1.29 is 9.59 Å². The molecule has 6 heteroatoms. The average Bonchev–Trinajstić information content (AvgIpc) is 3.21. The van der Waals surface area contributed by atoms with E-state index in [1.807, 2.05) is 84.4 Å². The summed E-state index contributed by atoms with van der Waals surface area (Å²) in [6.45, 7) is 2.44. The Balaban J connectivity index is 1.53. The summed E-state index contributed by atoms with van der Waals surface area (Å²) in [5.41, 5.74) is 3.31. The van der Waals surface area contributed by atoms with Crippen LogP contribution in [-0.2, 0) is 13.1 Å². The molecule has 0 saturated heterocycles. The highest BCUT2D eigenvalue weighted by Crippen LogP contribution is 2.09. The lowest BCUT2D eigenvalue weighted by molar-refractivity contribution is 0.0936. The molecule has 2 N–H and O–H groups in total. The molecule has 0 aliphatic rings. The van der Waals surface area contributed by atoms with Crippen LogP contribution in [-0.4, -0.2) is 48.5 Å². The molecule has 3 aromatic rings. The van der Waals surface area contributed by atoms with Crippen LogP contribution in [0.1, 0.15) is 32.0 Å². The van der Waals surface area contributed by atoms with Crippen LogP contribution >= 0.6 is 0 Å². The predicted molar refractivity (Wildman–Crippen MR) is 118 cm³/mol. The summed E-state index contributed by atoms with van der Waals surface area (Å²) in [4.78, 5) is 26.8. The van der Waals surface area contributed by atoms with E-state index in [0.717, 1.165) is 17.7 Å². The van der Waals surface area contributed by atoms with Crippen LogP contribution in [0, 0.1) is 0 Å². The molecule has 0 spiro atoms. The Hall–Kier alpha value is -3.38. The molecule has 30 heavy (non-hydrogen) atoms. The van der Waals surface area contributed by atoms with Gasteiger partial charge in [0.1, 0.15) is 5.69 Å². The lowest BCUT2D eigenvalue weighted by Gasteiger charge is -2.11. The van der Waals surface area contributed by atoms with Crippen LogP contribution in [0.3, 0.4) is 0 Å². The SMILES string of the molecule is CN(C)CCNC(=O)c1ccc(CNC(=O)c2cccn2Cc2ccccc2)cc1. The van der Waals surface area contributed by atoms with Gasteiger partial charge in [0.15, 0.2) is 0 Å². The Labute approximate surface area is 177 Å². The predicted octanol–water partition coefficient (Wildman–Crippen LogP) is 2.76. The number of carbonyl (C=O) groups is 2. The van der Waals surface area contributed by atoms with Crippen molar-refractivity contribution in [3.8, 4) is 0 Å². The molecular weight excluding hydrogens is 376 g/mol. The first-order valence-electron chi connectivity index (χ1n) is 10.0. The van der Waals surface area contributed by atoms with Gasteiger partial charge < -0.3 is 20.1 Å². The highest BCUT2D eigenvalue weighted by atomic mass is 16.2. The lowest BCUT2D eigenvalue weighted by atomic mass is 10.1. The zero-order chi connectivity index (χ0) is 21.3. The zero-order valence-corrected chi connectivity index (χ0v) is 17.5. The summed E-state index contributed by atoms with van der Waals surface area (Å²) in [6, 6.07) is 21.0. The van der Waals surface area contributed by atoms with Gasteiger partial charge in [0.2, 0.25) is 0 Å². The Morgan fingerprint density at radius 1 is 0.833 bits per heavy atom. The molecule has 0 aliphatic heterocycles. The number of carbonyl (C=O) groups excluding carboxylic acids is 2. The van der Waals surface area contributed by atoms with Gasteiger partial charge in [-0.3, -0.25) is 9.59 Å². The highest BCUT2D eigenvalue weighted by Gasteiger charge is 2.11. The molecular formula is C24H28N4O2. The van der Waals surface area contributed by atoms with Crippen molar-refractivity contribution >= 4 is 11.8 Å². The molecule has 0 aliphatic carbocycles. The van der Waals surface area contributed by atoms with Gasteiger partial charge in [-0.2, -0.15) is 0 Å². The van der Waals surface area contributed by atoms with Crippen LogP contribution in [0.15, 0.2) is 72.9 Å². The van der Waals surface area contributed by atoms with E-state index in [1.54, 1.807) is 12.1 Å². The van der Waals surface area contributed by atoms with Gasteiger partial charge in [-0.05, 0) is 49.5 Å². The van der Waals surface area contributed by atoms with Gasteiger partial charge in [-0.15, -0.1) is 0 Å². The van der Waals surface area contributed by atoms with Crippen molar-refractivity contribution in [1.29, 1.82) is 0 Å². The second-order valence-corrected chi connectivity index (χ2v) is 7.45. The largest absolute Gasteiger partial charge is 0.351 e. The molecule has 0 unspecified atom stereocenters. The summed E-state index contributed by atoms with van der Waals surface area (Å²) in [5, 5.41) is 5.85. The smallest absolute Gasteiger partial charge is 0.268 e. The van der Waals surface area contributed by atoms with Gasteiger partial charge >= 0.3 is 0 Å². The molecule has 2 aromatic carbocycles. The van der Waals surface area contributed by atoms with Gasteiger partial charge in [0.05, 0.1) is 0 Å². The fourth-order valence-electron chi connectivity index (χ4n) is 3.08. The summed E-state index contributed by atoms with van der Waals surface area (Å²) >= 11 is 0. The van der Waals surface area contributed by atoms with Crippen LogP contribution in [0.5, 0.6) is 0 Å². The van der Waals surface area contributed by atoms with E-state index in [4.69, 9.17) is 0 Å². The number of hydrogen-bond donors (Lipinski definition) is 2. The Morgan fingerprint density at radius 3 is 2.27 bits per heavy atom. The van der Waals surface area contributed by atoms with Gasteiger partial charge in [-0.1, -0.05) is 42.5 Å². The lowest BCUT2D eigenvalue weighted by Crippen LogP contribution is -2.31. The maximum Gasteiger partial charge on any atom is 0.268 e. The fraction of sp³-hybridized carbons (Fsp3) is 0.250. The zero-order valence-electron chi connectivity index (χ0n) is 17.5. The number of hydrogen-bond acceptors (Lipinski definition) is 3. The third-order valence-electron chi connectivity index (χ3n) is 4.77. The van der Waals surface area contributed by atoms with Gasteiger partial charge in [0, 0.05) is 37.9 Å². The Kier molecular flexibility index (Phi) is 7.40. The van der Waals surface area contributed by atoms with Crippen molar-refractivity contribution in [2.75, 3.05) is 27.2 Å². The molecule has 0 radical (unpaired) electrons. The third kappa shape index (κ3) is 6.06. The fourth-order valence-corrected chi connectivity index (χ4v) is 3.08. The summed E-state index contributed by atoms with van der Waals surface area (Å²) < 4.78 is 1.94. The van der Waals surface area contributed by atoms with E-state index in [9.17, 15) is 9.59 Å². The van der Waals surface area contributed by atoms with Crippen molar-refractivity contribution in [1.82, 2.24) is 20.1 Å². The first kappa shape index (κ1) is 21.3. The summed E-state index contributed by atoms with van der Waals surface area (Å²) in [7, 11) is 3.93. The van der Waals surface area contributed by atoms with E-state index < -0.39 is 0 Å². The van der Waals surface area contributed by atoms with Gasteiger partial charge in [0.25, 0.3) is 11.8 Å². The summed E-state index contributed by atoms with van der Waals surface area (Å²) in [5.74, 6) is -0.215. The van der Waals surface area contributed by atoms with Crippen LogP contribution in [0.25, 0.3) is 0 Å². The maximum absolute atomic E-state index is 12.6. The number of rotatable bonds is 9. The minimum Gasteiger partial charge on any atom is -0.351 e. The molecule has 0 bridgehead atoms. The van der Waals surface area contributed by atoms with E-state index in [-0.39, 0.29) is 11.8 Å². The van der Waals surface area contributed by atoms with E-state index in [0.29, 0.717) is 30.9 Å².